The molecule has 1 aromatic heterocycles. The van der Waals surface area contributed by atoms with Crippen molar-refractivity contribution in [1.29, 1.82) is 0 Å². The fourth-order valence-electron chi connectivity index (χ4n) is 0.654. The normalized spacial score (nSPS) is 10.6. The van der Waals surface area contributed by atoms with Gasteiger partial charge in [-0.3, -0.25) is 0 Å². The molecule has 0 saturated heterocycles. The van der Waals surface area contributed by atoms with Crippen molar-refractivity contribution in [1.82, 2.24) is 10.4 Å². The second-order valence-corrected chi connectivity index (χ2v) is 2.02. The summed E-state index contributed by atoms with van der Waals surface area (Å²) in [6.45, 7) is 0.583. The average molecular weight is 153 g/mol. The van der Waals surface area contributed by atoms with Gasteiger partial charge in [-0.25, -0.2) is 0 Å². The van der Waals surface area contributed by atoms with Gasteiger partial charge in [-0.1, -0.05) is 0 Å². The van der Waals surface area contributed by atoms with Crippen LogP contribution in [0, 0.1) is 0 Å². The van der Waals surface area contributed by atoms with Gasteiger partial charge in [0.1, 0.15) is 0 Å². The van der Waals surface area contributed by atoms with Crippen LogP contribution in [0.4, 0.5) is 0 Å². The van der Waals surface area contributed by atoms with Crippen LogP contribution < -0.4 is 5.43 Å². The third kappa shape index (κ3) is 2.86. The van der Waals surface area contributed by atoms with Crippen molar-refractivity contribution in [3.63, 3.8) is 0 Å². The highest BCUT2D eigenvalue weighted by molar-refractivity contribution is 5.76. The largest absolute Gasteiger partial charge is 0.394 e. The van der Waals surface area contributed by atoms with Gasteiger partial charge in [0, 0.05) is 6.20 Å². The smallest absolute Gasteiger partial charge is 0.0703 e. The van der Waals surface area contributed by atoms with Crippen molar-refractivity contribution in [2.45, 2.75) is 0 Å². The first-order valence-electron chi connectivity index (χ1n) is 3.43. The van der Waals surface area contributed by atoms with Gasteiger partial charge in [-0.2, -0.15) is 5.10 Å². The molecule has 1 heterocycles. The van der Waals surface area contributed by atoms with Gasteiger partial charge < -0.3 is 15.5 Å². The molecule has 4 heteroatoms. The molecule has 1 rings (SSSR count). The van der Waals surface area contributed by atoms with Crippen LogP contribution in [0.25, 0.3) is 0 Å². The molecule has 4 nitrogen and oxygen atoms in total. The monoisotopic (exact) mass is 153 g/mol. The predicted molar refractivity (Wildman–Crippen MR) is 43.5 cm³/mol. The second kappa shape index (κ2) is 4.51. The number of aliphatic hydroxyl groups excluding tert-OH is 1. The van der Waals surface area contributed by atoms with E-state index in [1.165, 1.54) is 0 Å². The van der Waals surface area contributed by atoms with Gasteiger partial charge in [0.25, 0.3) is 0 Å². The molecular formula is C7H11N3O. The Balaban J connectivity index is 2.25. The topological polar surface area (TPSA) is 60.4 Å². The average Bonchev–Trinajstić information content (AvgIpc) is 2.50. The maximum atomic E-state index is 8.38. The van der Waals surface area contributed by atoms with Crippen molar-refractivity contribution < 1.29 is 5.11 Å². The van der Waals surface area contributed by atoms with Crippen molar-refractivity contribution in [3.8, 4) is 0 Å². The minimum absolute atomic E-state index is 0.0993. The molecule has 0 aliphatic carbocycles. The number of hydrazone groups is 1. The van der Waals surface area contributed by atoms with Gasteiger partial charge in [0.05, 0.1) is 25.1 Å². The SMILES string of the molecule is OCCNN=Cc1ccc[nH]1. The Kier molecular flexibility index (Phi) is 3.21. The lowest BCUT2D eigenvalue weighted by molar-refractivity contribution is 0.294. The number of H-pyrrole nitrogens is 1. The first-order chi connectivity index (χ1) is 5.43. The van der Waals surface area contributed by atoms with Gasteiger partial charge in [0.2, 0.25) is 0 Å². The highest BCUT2D eigenvalue weighted by Gasteiger charge is 1.82. The number of aromatic amines is 1. The molecule has 0 radical (unpaired) electrons. The molecule has 0 fully saturated rings. The summed E-state index contributed by atoms with van der Waals surface area (Å²) in [4.78, 5) is 2.96. The number of rotatable bonds is 4. The summed E-state index contributed by atoms with van der Waals surface area (Å²) in [5, 5.41) is 12.2. The maximum Gasteiger partial charge on any atom is 0.0703 e. The van der Waals surface area contributed by atoms with E-state index in [4.69, 9.17) is 5.11 Å². The van der Waals surface area contributed by atoms with E-state index in [2.05, 4.69) is 15.5 Å². The quantitative estimate of drug-likeness (QED) is 0.322. The van der Waals surface area contributed by atoms with Crippen LogP contribution in [0.1, 0.15) is 5.69 Å². The molecule has 0 unspecified atom stereocenters. The molecular weight excluding hydrogens is 142 g/mol. The third-order valence-electron chi connectivity index (χ3n) is 1.14. The van der Waals surface area contributed by atoms with Crippen LogP contribution in [-0.4, -0.2) is 29.5 Å². The second-order valence-electron chi connectivity index (χ2n) is 2.02. The lowest BCUT2D eigenvalue weighted by Gasteiger charge is -1.92. The van der Waals surface area contributed by atoms with Gasteiger partial charge in [-0.15, -0.1) is 0 Å². The van der Waals surface area contributed by atoms with E-state index >= 15 is 0 Å². The molecule has 0 aliphatic heterocycles. The molecule has 1 aromatic rings. The fourth-order valence-corrected chi connectivity index (χ4v) is 0.654. The van der Waals surface area contributed by atoms with Crippen LogP contribution in [0.15, 0.2) is 23.4 Å². The number of aliphatic hydroxyl groups is 1. The third-order valence-corrected chi connectivity index (χ3v) is 1.14. The summed E-state index contributed by atoms with van der Waals surface area (Å²) in [5.41, 5.74) is 3.61. The zero-order valence-electron chi connectivity index (χ0n) is 6.12. The number of aromatic nitrogens is 1. The van der Waals surface area contributed by atoms with E-state index in [1.807, 2.05) is 18.3 Å². The first kappa shape index (κ1) is 7.81. The highest BCUT2D eigenvalue weighted by Crippen LogP contribution is 1.87. The van der Waals surface area contributed by atoms with E-state index in [-0.39, 0.29) is 6.61 Å². The molecule has 0 amide bonds. The zero-order chi connectivity index (χ0) is 7.94. The standard InChI is InChI=1S/C7H11N3O/c11-5-4-9-10-6-7-2-1-3-8-7/h1-3,6,8-9,11H,4-5H2. The summed E-state index contributed by atoms with van der Waals surface area (Å²) in [5.74, 6) is 0. The zero-order valence-corrected chi connectivity index (χ0v) is 6.12. The number of nitrogens with zero attached hydrogens (tertiary/aromatic N) is 1. The van der Waals surface area contributed by atoms with Gasteiger partial charge in [-0.05, 0) is 12.1 Å². The minimum Gasteiger partial charge on any atom is -0.394 e. The summed E-state index contributed by atoms with van der Waals surface area (Å²) >= 11 is 0. The Morgan fingerprint density at radius 2 is 2.64 bits per heavy atom. The van der Waals surface area contributed by atoms with Crippen LogP contribution >= 0.6 is 0 Å². The Morgan fingerprint density at radius 3 is 3.27 bits per heavy atom. The summed E-state index contributed by atoms with van der Waals surface area (Å²) in [6, 6.07) is 3.80. The molecule has 0 aromatic carbocycles. The van der Waals surface area contributed by atoms with Gasteiger partial charge >= 0.3 is 0 Å². The molecule has 0 saturated carbocycles. The van der Waals surface area contributed by atoms with E-state index in [0.29, 0.717) is 6.54 Å². The van der Waals surface area contributed by atoms with E-state index in [1.54, 1.807) is 6.21 Å². The first-order valence-corrected chi connectivity index (χ1v) is 3.43. The molecule has 3 N–H and O–H groups in total. The van der Waals surface area contributed by atoms with Crippen LogP contribution in [0.5, 0.6) is 0 Å². The molecule has 60 valence electrons. The maximum absolute atomic E-state index is 8.38. The molecule has 0 bridgehead atoms. The molecule has 0 spiro atoms. The molecule has 11 heavy (non-hydrogen) atoms. The highest BCUT2D eigenvalue weighted by atomic mass is 16.3. The van der Waals surface area contributed by atoms with E-state index in [0.717, 1.165) is 5.69 Å². The Bertz CT molecular complexity index is 205. The number of hydrogen-bond acceptors (Lipinski definition) is 3. The van der Waals surface area contributed by atoms with Crippen molar-refractivity contribution in [3.05, 3.63) is 24.0 Å². The fraction of sp³-hybridized carbons (Fsp3) is 0.286. The van der Waals surface area contributed by atoms with Crippen LogP contribution in [0.3, 0.4) is 0 Å². The predicted octanol–water partition coefficient (Wildman–Crippen LogP) is -0.0695. The summed E-state index contributed by atoms with van der Waals surface area (Å²) < 4.78 is 0. The lowest BCUT2D eigenvalue weighted by atomic mass is 10.5. The molecule has 0 atom stereocenters. The van der Waals surface area contributed by atoms with E-state index < -0.39 is 0 Å². The van der Waals surface area contributed by atoms with Crippen LogP contribution in [0.2, 0.25) is 0 Å². The number of nitrogens with one attached hydrogen (secondary N) is 2. The van der Waals surface area contributed by atoms with Crippen molar-refractivity contribution >= 4 is 6.21 Å². The Hall–Kier alpha value is -1.29. The summed E-state index contributed by atoms with van der Waals surface area (Å²) in [7, 11) is 0. The van der Waals surface area contributed by atoms with Gasteiger partial charge in [0.15, 0.2) is 0 Å². The Labute approximate surface area is 64.9 Å². The molecule has 0 aliphatic rings. The van der Waals surface area contributed by atoms with Crippen molar-refractivity contribution in [2.24, 2.45) is 5.10 Å². The number of hydrogen-bond donors (Lipinski definition) is 3. The lowest BCUT2D eigenvalue weighted by Crippen LogP contribution is -2.11. The summed E-state index contributed by atoms with van der Waals surface area (Å²) in [6.07, 6.45) is 3.49. The van der Waals surface area contributed by atoms with Crippen molar-refractivity contribution in [2.75, 3.05) is 13.2 Å². The minimum atomic E-state index is 0.0993. The van der Waals surface area contributed by atoms with E-state index in [9.17, 15) is 0 Å². The Morgan fingerprint density at radius 1 is 1.73 bits per heavy atom. The van der Waals surface area contributed by atoms with Crippen LogP contribution in [-0.2, 0) is 0 Å².